The average molecular weight is 290 g/mol. The summed E-state index contributed by atoms with van der Waals surface area (Å²) in [6.45, 7) is 3.56. The van der Waals surface area contributed by atoms with Gasteiger partial charge < -0.3 is 15.3 Å². The molecule has 1 fully saturated rings. The lowest BCUT2D eigenvalue weighted by molar-refractivity contribution is -0.120. The molecule has 1 saturated carbocycles. The molecule has 0 bridgehead atoms. The molecule has 4 nitrogen and oxygen atoms in total. The van der Waals surface area contributed by atoms with Crippen LogP contribution in [0, 0.1) is 5.92 Å². The molecule has 21 heavy (non-hydrogen) atoms. The van der Waals surface area contributed by atoms with Crippen LogP contribution in [0.1, 0.15) is 32.6 Å². The summed E-state index contributed by atoms with van der Waals surface area (Å²) in [5, 5.41) is 12.3. The first kappa shape index (κ1) is 15.8. The summed E-state index contributed by atoms with van der Waals surface area (Å²) < 4.78 is 0. The first-order valence-corrected chi connectivity index (χ1v) is 7.93. The molecule has 2 N–H and O–H groups in total. The summed E-state index contributed by atoms with van der Waals surface area (Å²) in [6.07, 6.45) is 3.98. The minimum Gasteiger partial charge on any atom is -0.396 e. The van der Waals surface area contributed by atoms with E-state index in [0.29, 0.717) is 12.5 Å². The number of carbonyl (C=O) groups excluding carboxylic acids is 1. The summed E-state index contributed by atoms with van der Waals surface area (Å²) in [5.74, 6) is 0.516. The quantitative estimate of drug-likeness (QED) is 0.844. The Morgan fingerprint density at radius 2 is 1.90 bits per heavy atom. The normalized spacial score (nSPS) is 21.8. The third-order valence-corrected chi connectivity index (χ3v) is 4.31. The molecule has 0 aromatic heterocycles. The third-order valence-electron chi connectivity index (χ3n) is 4.31. The number of benzene rings is 1. The van der Waals surface area contributed by atoms with E-state index in [1.165, 1.54) is 0 Å². The standard InChI is InChI=1S/C17H26N2O2/c1-2-19(16-6-4-3-5-7-16)12-17(21)18-15-10-8-14(13-20)9-11-15/h3-7,14-15,20H,2,8-13H2,1H3,(H,18,21). The Labute approximate surface area is 127 Å². The Hall–Kier alpha value is -1.55. The first-order valence-electron chi connectivity index (χ1n) is 7.93. The fraction of sp³-hybridized carbons (Fsp3) is 0.588. The molecule has 0 aliphatic heterocycles. The fourth-order valence-corrected chi connectivity index (χ4v) is 2.96. The molecular weight excluding hydrogens is 264 g/mol. The molecule has 1 amide bonds. The lowest BCUT2D eigenvalue weighted by atomic mass is 9.86. The van der Waals surface area contributed by atoms with E-state index >= 15 is 0 Å². The number of aliphatic hydroxyl groups excluding tert-OH is 1. The van der Waals surface area contributed by atoms with E-state index in [1.54, 1.807) is 0 Å². The molecular formula is C17H26N2O2. The summed E-state index contributed by atoms with van der Waals surface area (Å²) >= 11 is 0. The van der Waals surface area contributed by atoms with Gasteiger partial charge in [-0.05, 0) is 50.7 Å². The second kappa shape index (κ2) is 8.03. The number of hydrogen-bond donors (Lipinski definition) is 2. The minimum absolute atomic E-state index is 0.0909. The molecule has 0 radical (unpaired) electrons. The number of nitrogens with zero attached hydrogens (tertiary/aromatic N) is 1. The van der Waals surface area contributed by atoms with Crippen molar-refractivity contribution >= 4 is 11.6 Å². The highest BCUT2D eigenvalue weighted by molar-refractivity contribution is 5.81. The van der Waals surface area contributed by atoms with Crippen LogP contribution < -0.4 is 10.2 Å². The van der Waals surface area contributed by atoms with Crippen LogP contribution in [0.3, 0.4) is 0 Å². The van der Waals surface area contributed by atoms with Crippen LogP contribution in [0.5, 0.6) is 0 Å². The maximum Gasteiger partial charge on any atom is 0.239 e. The van der Waals surface area contributed by atoms with Gasteiger partial charge in [-0.2, -0.15) is 0 Å². The Bertz CT molecular complexity index is 428. The van der Waals surface area contributed by atoms with Crippen molar-refractivity contribution in [3.8, 4) is 0 Å². The largest absolute Gasteiger partial charge is 0.396 e. The van der Waals surface area contributed by atoms with Crippen molar-refractivity contribution in [3.63, 3.8) is 0 Å². The number of likely N-dealkylation sites (N-methyl/N-ethyl adjacent to an activating group) is 1. The van der Waals surface area contributed by atoms with E-state index < -0.39 is 0 Å². The molecule has 1 aromatic carbocycles. The predicted octanol–water partition coefficient (Wildman–Crippen LogP) is 2.18. The van der Waals surface area contributed by atoms with Crippen LogP contribution >= 0.6 is 0 Å². The third kappa shape index (κ3) is 4.74. The van der Waals surface area contributed by atoms with E-state index in [1.807, 2.05) is 30.3 Å². The highest BCUT2D eigenvalue weighted by atomic mass is 16.3. The second-order valence-corrected chi connectivity index (χ2v) is 5.82. The first-order chi connectivity index (χ1) is 10.2. The zero-order valence-electron chi connectivity index (χ0n) is 12.8. The van der Waals surface area contributed by atoms with E-state index in [2.05, 4.69) is 17.1 Å². The van der Waals surface area contributed by atoms with Crippen molar-refractivity contribution in [1.82, 2.24) is 5.32 Å². The zero-order valence-corrected chi connectivity index (χ0v) is 12.8. The number of rotatable bonds is 6. The fourth-order valence-electron chi connectivity index (χ4n) is 2.96. The van der Waals surface area contributed by atoms with Crippen LogP contribution in [0.15, 0.2) is 30.3 Å². The minimum atomic E-state index is 0.0909. The van der Waals surface area contributed by atoms with Crippen LogP contribution in [0.2, 0.25) is 0 Å². The zero-order chi connectivity index (χ0) is 15.1. The van der Waals surface area contributed by atoms with Gasteiger partial charge in [-0.3, -0.25) is 4.79 Å². The number of carbonyl (C=O) groups is 1. The van der Waals surface area contributed by atoms with Gasteiger partial charge in [-0.1, -0.05) is 18.2 Å². The van der Waals surface area contributed by atoms with Crippen molar-refractivity contribution in [2.45, 2.75) is 38.6 Å². The summed E-state index contributed by atoms with van der Waals surface area (Å²) in [6, 6.07) is 10.3. The SMILES string of the molecule is CCN(CC(=O)NC1CCC(CO)CC1)c1ccccc1. The molecule has 0 spiro atoms. The van der Waals surface area contributed by atoms with Gasteiger partial charge in [0.2, 0.25) is 5.91 Å². The van der Waals surface area contributed by atoms with E-state index in [9.17, 15) is 4.79 Å². The smallest absolute Gasteiger partial charge is 0.239 e. The van der Waals surface area contributed by atoms with E-state index in [4.69, 9.17) is 5.11 Å². The van der Waals surface area contributed by atoms with Crippen LogP contribution in [-0.2, 0) is 4.79 Å². The van der Waals surface area contributed by atoms with Gasteiger partial charge in [-0.25, -0.2) is 0 Å². The number of hydrogen-bond acceptors (Lipinski definition) is 3. The van der Waals surface area contributed by atoms with Crippen molar-refractivity contribution < 1.29 is 9.90 Å². The highest BCUT2D eigenvalue weighted by Gasteiger charge is 2.22. The Morgan fingerprint density at radius 3 is 2.48 bits per heavy atom. The van der Waals surface area contributed by atoms with Crippen molar-refractivity contribution in [3.05, 3.63) is 30.3 Å². The summed E-state index contributed by atoms with van der Waals surface area (Å²) in [5.41, 5.74) is 1.08. The molecule has 1 aliphatic rings. The van der Waals surface area contributed by atoms with Gasteiger partial charge in [0.15, 0.2) is 0 Å². The molecule has 0 saturated heterocycles. The van der Waals surface area contributed by atoms with Crippen LogP contribution in [0.4, 0.5) is 5.69 Å². The molecule has 1 aliphatic carbocycles. The van der Waals surface area contributed by atoms with Crippen LogP contribution in [0.25, 0.3) is 0 Å². The number of aliphatic hydroxyl groups is 1. The van der Waals surface area contributed by atoms with E-state index in [0.717, 1.165) is 37.9 Å². The molecule has 1 aromatic rings. The van der Waals surface area contributed by atoms with Gasteiger partial charge in [0.1, 0.15) is 0 Å². The van der Waals surface area contributed by atoms with Crippen molar-refractivity contribution in [2.24, 2.45) is 5.92 Å². The predicted molar refractivity (Wildman–Crippen MR) is 85.3 cm³/mol. The molecule has 0 atom stereocenters. The molecule has 116 valence electrons. The Kier molecular flexibility index (Phi) is 6.05. The van der Waals surface area contributed by atoms with Gasteiger partial charge in [0.25, 0.3) is 0 Å². The van der Waals surface area contributed by atoms with Crippen LogP contribution in [-0.4, -0.2) is 36.8 Å². The molecule has 0 heterocycles. The average Bonchev–Trinajstić information content (AvgIpc) is 2.54. The molecule has 4 heteroatoms. The summed E-state index contributed by atoms with van der Waals surface area (Å²) in [7, 11) is 0. The monoisotopic (exact) mass is 290 g/mol. The van der Waals surface area contributed by atoms with Gasteiger partial charge >= 0.3 is 0 Å². The number of nitrogens with one attached hydrogen (secondary N) is 1. The summed E-state index contributed by atoms with van der Waals surface area (Å²) in [4.78, 5) is 14.3. The Balaban J connectivity index is 1.81. The van der Waals surface area contributed by atoms with Crippen molar-refractivity contribution in [2.75, 3.05) is 24.6 Å². The highest BCUT2D eigenvalue weighted by Crippen LogP contribution is 2.23. The molecule has 0 unspecified atom stereocenters. The van der Waals surface area contributed by atoms with Crippen molar-refractivity contribution in [1.29, 1.82) is 0 Å². The number of para-hydroxylation sites is 1. The lowest BCUT2D eigenvalue weighted by Gasteiger charge is -2.29. The van der Waals surface area contributed by atoms with Gasteiger partial charge in [0.05, 0.1) is 6.54 Å². The van der Waals surface area contributed by atoms with Gasteiger partial charge in [0, 0.05) is 24.9 Å². The topological polar surface area (TPSA) is 52.6 Å². The number of amides is 1. The molecule has 2 rings (SSSR count). The maximum atomic E-state index is 12.2. The van der Waals surface area contributed by atoms with E-state index in [-0.39, 0.29) is 18.6 Å². The Morgan fingerprint density at radius 1 is 1.24 bits per heavy atom. The van der Waals surface area contributed by atoms with Gasteiger partial charge in [-0.15, -0.1) is 0 Å². The second-order valence-electron chi connectivity index (χ2n) is 5.82. The lowest BCUT2D eigenvalue weighted by Crippen LogP contribution is -2.43. The maximum absolute atomic E-state index is 12.2. The number of anilines is 1.